The highest BCUT2D eigenvalue weighted by atomic mass is 80.0. The summed E-state index contributed by atoms with van der Waals surface area (Å²) in [6, 6.07) is 10.1. The van der Waals surface area contributed by atoms with Crippen LogP contribution < -0.4 is 8.40 Å². The summed E-state index contributed by atoms with van der Waals surface area (Å²) in [4.78, 5) is 18.6. The van der Waals surface area contributed by atoms with Gasteiger partial charge in [-0.2, -0.15) is 0 Å². The molecule has 1 unspecified atom stereocenters. The van der Waals surface area contributed by atoms with Gasteiger partial charge in [-0.3, -0.25) is 9.20 Å². The maximum absolute atomic E-state index is 12.2. The number of halogens is 2. The van der Waals surface area contributed by atoms with Crippen LogP contribution in [0.3, 0.4) is 0 Å². The van der Waals surface area contributed by atoms with Gasteiger partial charge in [0.15, 0.2) is 10.7 Å². The molecule has 6 nitrogen and oxygen atoms in total. The van der Waals surface area contributed by atoms with E-state index in [4.69, 9.17) is 12.6 Å². The summed E-state index contributed by atoms with van der Waals surface area (Å²) >= 11 is 1.55. The number of hydrogen-bond donors (Lipinski definition) is 1. The van der Waals surface area contributed by atoms with E-state index in [1.165, 1.54) is 11.3 Å². The molecule has 1 aliphatic rings. The lowest BCUT2D eigenvalue weighted by atomic mass is 10.0. The Bertz CT molecular complexity index is 860. The van der Waals surface area contributed by atoms with Gasteiger partial charge in [-0.1, -0.05) is 57.6 Å². The van der Waals surface area contributed by atoms with Crippen molar-refractivity contribution in [1.29, 1.82) is 0 Å². The monoisotopic (exact) mass is 474 g/mol. The number of thiazole rings is 1. The molecule has 0 amide bonds. The average Bonchev–Trinajstić information content (AvgIpc) is 3.10. The SMILES string of the molecule is O=C1c2sc3nc(-c4ccccc4)cn3c2CCC1Br.[O-][Br+2]([O-])O. The summed E-state index contributed by atoms with van der Waals surface area (Å²) in [6.45, 7) is 0. The van der Waals surface area contributed by atoms with Gasteiger partial charge in [0.1, 0.15) is 0 Å². The molecule has 1 atom stereocenters. The predicted octanol–water partition coefficient (Wildman–Crippen LogP) is 1.02. The summed E-state index contributed by atoms with van der Waals surface area (Å²) in [5.41, 5.74) is 3.19. The fourth-order valence-corrected chi connectivity index (χ4v) is 4.36. The highest BCUT2D eigenvalue weighted by Crippen LogP contribution is 2.34. The van der Waals surface area contributed by atoms with Crippen LogP contribution in [-0.2, 0) is 6.42 Å². The fourth-order valence-electron chi connectivity index (χ4n) is 2.60. The van der Waals surface area contributed by atoms with E-state index in [2.05, 4.69) is 37.4 Å². The van der Waals surface area contributed by atoms with Crippen LogP contribution in [0, 0.1) is 14.8 Å². The quantitative estimate of drug-likeness (QED) is 0.529. The standard InChI is InChI=1S/C15H11BrN2OS.BrHO3/c16-10-6-7-12-14(13(10)19)20-15-17-11(8-18(12)15)9-4-2-1-3-5-9;2-1(3)4/h1-5,8,10H,6-7H2;2H. The molecule has 0 spiro atoms. The Morgan fingerprint density at radius 1 is 1.33 bits per heavy atom. The molecule has 3 aromatic rings. The minimum absolute atomic E-state index is 0.0352. The van der Waals surface area contributed by atoms with Crippen molar-refractivity contribution in [2.45, 2.75) is 17.7 Å². The molecule has 2 aromatic heterocycles. The number of carbonyl (C=O) groups excluding carboxylic acids is 1. The zero-order chi connectivity index (χ0) is 17.3. The third kappa shape index (κ3) is 3.61. The number of benzene rings is 1. The van der Waals surface area contributed by atoms with Crippen LogP contribution in [0.25, 0.3) is 16.2 Å². The Kier molecular flexibility index (Phi) is 5.48. The summed E-state index contributed by atoms with van der Waals surface area (Å²) in [7, 11) is 0. The van der Waals surface area contributed by atoms with Crippen molar-refractivity contribution >= 4 is 38.0 Å². The van der Waals surface area contributed by atoms with E-state index in [1.807, 2.05) is 24.4 Å². The summed E-state index contributed by atoms with van der Waals surface area (Å²) in [5, 5.41) is 0. The van der Waals surface area contributed by atoms with Crippen LogP contribution in [0.4, 0.5) is 0 Å². The molecule has 1 N–H and O–H groups in total. The lowest BCUT2D eigenvalue weighted by Crippen LogP contribution is -2.30. The van der Waals surface area contributed by atoms with E-state index in [9.17, 15) is 4.79 Å². The first-order chi connectivity index (χ1) is 11.5. The van der Waals surface area contributed by atoms with Crippen molar-refractivity contribution in [3.05, 3.63) is 47.1 Å². The van der Waals surface area contributed by atoms with Crippen molar-refractivity contribution in [2.75, 3.05) is 0 Å². The van der Waals surface area contributed by atoms with Gasteiger partial charge >= 0.3 is 14.8 Å². The largest absolute Gasteiger partial charge is 0.433 e. The molecule has 24 heavy (non-hydrogen) atoms. The van der Waals surface area contributed by atoms with Crippen LogP contribution in [-0.4, -0.2) is 24.2 Å². The minimum Gasteiger partial charge on any atom is -0.372 e. The van der Waals surface area contributed by atoms with E-state index >= 15 is 0 Å². The molecule has 126 valence electrons. The first-order valence-corrected chi connectivity index (χ1v) is 10.7. The average molecular weight is 476 g/mol. The summed E-state index contributed by atoms with van der Waals surface area (Å²) in [6.07, 6.45) is 3.82. The Balaban J connectivity index is 0.000000383. The molecule has 4 rings (SSSR count). The van der Waals surface area contributed by atoms with Gasteiger partial charge in [0, 0.05) is 17.5 Å². The van der Waals surface area contributed by atoms with E-state index in [1.54, 1.807) is 0 Å². The van der Waals surface area contributed by atoms with Gasteiger partial charge in [0.05, 0.1) is 15.4 Å². The number of carbonyl (C=O) groups is 1. The van der Waals surface area contributed by atoms with Gasteiger partial charge < -0.3 is 8.40 Å². The van der Waals surface area contributed by atoms with E-state index in [0.29, 0.717) is 0 Å². The lowest BCUT2D eigenvalue weighted by Gasteiger charge is -2.14. The zero-order valence-electron chi connectivity index (χ0n) is 12.2. The second kappa shape index (κ2) is 7.42. The number of aryl methyl sites for hydroxylation is 1. The van der Waals surface area contributed by atoms with Crippen molar-refractivity contribution in [3.63, 3.8) is 0 Å². The highest BCUT2D eigenvalue weighted by Gasteiger charge is 2.29. The van der Waals surface area contributed by atoms with Crippen molar-refractivity contribution in [2.24, 2.45) is 0 Å². The van der Waals surface area contributed by atoms with Crippen molar-refractivity contribution in [3.8, 4) is 11.3 Å². The highest BCUT2D eigenvalue weighted by molar-refractivity contribution is 9.10. The topological polar surface area (TPSA) is 101 Å². The number of ketones is 1. The van der Waals surface area contributed by atoms with E-state index < -0.39 is 14.8 Å². The van der Waals surface area contributed by atoms with E-state index in [-0.39, 0.29) is 10.6 Å². The maximum Gasteiger partial charge on any atom is 0.433 e. The second-order valence-electron chi connectivity index (χ2n) is 5.09. The molecule has 0 aliphatic heterocycles. The predicted molar refractivity (Wildman–Crippen MR) is 86.1 cm³/mol. The van der Waals surface area contributed by atoms with Crippen molar-refractivity contribution in [1.82, 2.24) is 9.38 Å². The molecule has 0 fully saturated rings. The normalized spacial score (nSPS) is 16.9. The number of Topliss-reactive ketones (excluding diaryl/α,β-unsaturated/α-hetero) is 1. The minimum atomic E-state index is -3.40. The Morgan fingerprint density at radius 3 is 2.67 bits per heavy atom. The summed E-state index contributed by atoms with van der Waals surface area (Å²) in [5.74, 6) is 0.197. The first-order valence-electron chi connectivity index (χ1n) is 6.96. The van der Waals surface area contributed by atoms with Crippen LogP contribution in [0.5, 0.6) is 0 Å². The number of nitrogens with zero attached hydrogens (tertiary/aromatic N) is 2. The number of imidazole rings is 1. The molecule has 1 aliphatic carbocycles. The molecular formula is C15H12Br2N2O4S. The Morgan fingerprint density at radius 2 is 2.00 bits per heavy atom. The molecule has 0 saturated heterocycles. The van der Waals surface area contributed by atoms with Gasteiger partial charge in [-0.05, 0) is 17.0 Å². The molecule has 0 bridgehead atoms. The number of aromatic nitrogens is 2. The second-order valence-corrected chi connectivity index (χ2v) is 8.02. The number of rotatable bonds is 1. The zero-order valence-corrected chi connectivity index (χ0v) is 16.2. The fraction of sp³-hybridized carbons (Fsp3) is 0.200. The van der Waals surface area contributed by atoms with Crippen molar-refractivity contribution < 1.29 is 32.2 Å². The third-order valence-corrected chi connectivity index (χ3v) is 5.62. The molecule has 9 heteroatoms. The van der Waals surface area contributed by atoms with Gasteiger partial charge in [-0.25, -0.2) is 4.98 Å². The lowest BCUT2D eigenvalue weighted by molar-refractivity contribution is -1.63. The molecular weight excluding hydrogens is 464 g/mol. The smallest absolute Gasteiger partial charge is 0.372 e. The summed E-state index contributed by atoms with van der Waals surface area (Å²) < 4.78 is 26.4. The van der Waals surface area contributed by atoms with Crippen LogP contribution in [0.1, 0.15) is 21.8 Å². The van der Waals surface area contributed by atoms with Crippen LogP contribution >= 0.6 is 27.3 Å². The number of alkyl halides is 1. The molecule has 0 saturated carbocycles. The Labute approximate surface area is 155 Å². The van der Waals surface area contributed by atoms with Crippen LogP contribution in [0.2, 0.25) is 0 Å². The van der Waals surface area contributed by atoms with E-state index in [0.717, 1.165) is 39.6 Å². The number of fused-ring (bicyclic) bond motifs is 3. The Hall–Kier alpha value is -1.10. The first kappa shape index (κ1) is 17.7. The molecule has 2 heterocycles. The number of hydrogen-bond acceptors (Lipinski definition) is 6. The van der Waals surface area contributed by atoms with Gasteiger partial charge in [0.2, 0.25) is 0 Å². The van der Waals surface area contributed by atoms with Gasteiger partial charge in [0.25, 0.3) is 0 Å². The maximum atomic E-state index is 12.2. The third-order valence-electron chi connectivity index (χ3n) is 3.63. The van der Waals surface area contributed by atoms with Gasteiger partial charge in [-0.15, -0.1) is 0 Å². The van der Waals surface area contributed by atoms with Crippen LogP contribution in [0.15, 0.2) is 36.5 Å². The molecule has 0 radical (unpaired) electrons. The molecule has 1 aromatic carbocycles.